The molecule has 0 unspecified atom stereocenters. The van der Waals surface area contributed by atoms with Crippen LogP contribution in [0.15, 0.2) is 41.9 Å². The highest BCUT2D eigenvalue weighted by atomic mass is 32.1. The quantitative estimate of drug-likeness (QED) is 0.644. The van der Waals surface area contributed by atoms with Gasteiger partial charge in [-0.15, -0.1) is 11.3 Å². The molecule has 0 spiro atoms. The van der Waals surface area contributed by atoms with Crippen molar-refractivity contribution < 1.29 is 9.47 Å². The minimum absolute atomic E-state index is 0.707. The van der Waals surface area contributed by atoms with Crippen LogP contribution < -0.4 is 9.47 Å². The Kier molecular flexibility index (Phi) is 5.11. The average Bonchev–Trinajstić information content (AvgIpc) is 3.12. The van der Waals surface area contributed by atoms with Gasteiger partial charge in [0.2, 0.25) is 0 Å². The molecule has 0 aliphatic rings. The first kappa shape index (κ1) is 16.5. The number of ether oxygens (including phenoxy) is 2. The van der Waals surface area contributed by atoms with Crippen molar-refractivity contribution in [3.63, 3.8) is 0 Å². The maximum Gasteiger partial charge on any atom is 0.161 e. The van der Waals surface area contributed by atoms with E-state index in [2.05, 4.69) is 23.4 Å². The molecule has 3 rings (SSSR count). The summed E-state index contributed by atoms with van der Waals surface area (Å²) in [5.74, 6) is 1.42. The van der Waals surface area contributed by atoms with Crippen molar-refractivity contribution in [2.75, 3.05) is 14.2 Å². The first-order valence-electron chi connectivity index (χ1n) is 7.88. The Hall–Kier alpha value is -2.40. The van der Waals surface area contributed by atoms with Gasteiger partial charge in [0, 0.05) is 28.4 Å². The molecule has 0 aliphatic carbocycles. The SMILES string of the molecule is CCCc1cc(-c2nc(-c3ccc(OC)c(OC)c3)cs2)ccn1. The van der Waals surface area contributed by atoms with Crippen LogP contribution in [0.2, 0.25) is 0 Å². The van der Waals surface area contributed by atoms with Crippen molar-refractivity contribution in [3.8, 4) is 33.3 Å². The van der Waals surface area contributed by atoms with Gasteiger partial charge >= 0.3 is 0 Å². The van der Waals surface area contributed by atoms with Crippen LogP contribution in [0, 0.1) is 0 Å². The Morgan fingerprint density at radius 2 is 1.83 bits per heavy atom. The van der Waals surface area contributed by atoms with Crippen LogP contribution in [0.3, 0.4) is 0 Å². The van der Waals surface area contributed by atoms with E-state index < -0.39 is 0 Å². The summed E-state index contributed by atoms with van der Waals surface area (Å²) in [7, 11) is 3.27. The highest BCUT2D eigenvalue weighted by Crippen LogP contribution is 2.34. The van der Waals surface area contributed by atoms with Crippen LogP contribution in [0.5, 0.6) is 11.5 Å². The van der Waals surface area contributed by atoms with Crippen molar-refractivity contribution in [1.29, 1.82) is 0 Å². The lowest BCUT2D eigenvalue weighted by molar-refractivity contribution is 0.355. The first-order chi connectivity index (χ1) is 11.7. The lowest BCUT2D eigenvalue weighted by Gasteiger charge is -2.08. The van der Waals surface area contributed by atoms with Gasteiger partial charge in [0.15, 0.2) is 11.5 Å². The van der Waals surface area contributed by atoms with E-state index >= 15 is 0 Å². The van der Waals surface area contributed by atoms with Gasteiger partial charge in [0.1, 0.15) is 5.01 Å². The number of hydrogen-bond acceptors (Lipinski definition) is 5. The summed E-state index contributed by atoms with van der Waals surface area (Å²) in [6, 6.07) is 9.98. The molecule has 1 aromatic carbocycles. The van der Waals surface area contributed by atoms with Crippen molar-refractivity contribution in [2.24, 2.45) is 0 Å². The van der Waals surface area contributed by atoms with Gasteiger partial charge in [-0.3, -0.25) is 4.98 Å². The predicted octanol–water partition coefficient (Wildman–Crippen LogP) is 4.84. The Bertz CT molecular complexity index is 830. The Morgan fingerprint density at radius 3 is 2.58 bits per heavy atom. The normalized spacial score (nSPS) is 10.6. The molecule has 0 radical (unpaired) electrons. The number of rotatable bonds is 6. The zero-order valence-electron chi connectivity index (χ0n) is 14.1. The second kappa shape index (κ2) is 7.45. The number of nitrogens with zero attached hydrogens (tertiary/aromatic N) is 2. The van der Waals surface area contributed by atoms with Crippen molar-refractivity contribution in [3.05, 3.63) is 47.6 Å². The molecular weight excluding hydrogens is 320 g/mol. The summed E-state index contributed by atoms with van der Waals surface area (Å²) >= 11 is 1.64. The molecule has 24 heavy (non-hydrogen) atoms. The Labute approximate surface area is 146 Å². The number of aromatic nitrogens is 2. The van der Waals surface area contributed by atoms with Crippen LogP contribution >= 0.6 is 11.3 Å². The smallest absolute Gasteiger partial charge is 0.161 e. The van der Waals surface area contributed by atoms with Crippen LogP contribution in [0.25, 0.3) is 21.8 Å². The zero-order valence-corrected chi connectivity index (χ0v) is 14.9. The maximum atomic E-state index is 5.37. The second-order valence-corrected chi connectivity index (χ2v) is 6.25. The molecule has 0 saturated carbocycles. The van der Waals surface area contributed by atoms with Gasteiger partial charge in [-0.2, -0.15) is 0 Å². The van der Waals surface area contributed by atoms with Gasteiger partial charge in [-0.05, 0) is 36.8 Å². The molecule has 5 heteroatoms. The zero-order chi connectivity index (χ0) is 16.9. The van der Waals surface area contributed by atoms with Gasteiger partial charge < -0.3 is 9.47 Å². The number of thiazole rings is 1. The van der Waals surface area contributed by atoms with Crippen LogP contribution in [0.4, 0.5) is 0 Å². The summed E-state index contributed by atoms with van der Waals surface area (Å²) in [4.78, 5) is 9.19. The van der Waals surface area contributed by atoms with E-state index in [1.165, 1.54) is 0 Å². The number of methoxy groups -OCH3 is 2. The first-order valence-corrected chi connectivity index (χ1v) is 8.76. The molecule has 2 aromatic heterocycles. The minimum atomic E-state index is 0.707. The van der Waals surface area contributed by atoms with Crippen molar-refractivity contribution >= 4 is 11.3 Å². The summed E-state index contributed by atoms with van der Waals surface area (Å²) < 4.78 is 10.7. The molecule has 0 atom stereocenters. The van der Waals surface area contributed by atoms with E-state index in [-0.39, 0.29) is 0 Å². The number of hydrogen-bond donors (Lipinski definition) is 0. The fourth-order valence-electron chi connectivity index (χ4n) is 2.54. The fourth-order valence-corrected chi connectivity index (χ4v) is 3.36. The fraction of sp³-hybridized carbons (Fsp3) is 0.263. The van der Waals surface area contributed by atoms with Gasteiger partial charge in [0.05, 0.1) is 19.9 Å². The highest BCUT2D eigenvalue weighted by molar-refractivity contribution is 7.13. The molecule has 0 bridgehead atoms. The van der Waals surface area contributed by atoms with Gasteiger partial charge in [-0.25, -0.2) is 4.98 Å². The third-order valence-electron chi connectivity index (χ3n) is 3.75. The van der Waals surface area contributed by atoms with E-state index in [1.54, 1.807) is 25.6 Å². The molecule has 0 aliphatic heterocycles. The van der Waals surface area contributed by atoms with E-state index in [0.29, 0.717) is 5.75 Å². The summed E-state index contributed by atoms with van der Waals surface area (Å²) in [5, 5.41) is 3.07. The lowest BCUT2D eigenvalue weighted by atomic mass is 10.1. The molecular formula is C19H20N2O2S. The monoisotopic (exact) mass is 340 g/mol. The van der Waals surface area contributed by atoms with Crippen molar-refractivity contribution in [1.82, 2.24) is 9.97 Å². The number of benzene rings is 1. The molecule has 2 heterocycles. The van der Waals surface area contributed by atoms with Gasteiger partial charge in [0.25, 0.3) is 0 Å². The molecule has 0 amide bonds. The molecule has 0 saturated heterocycles. The standard InChI is InChI=1S/C19H20N2O2S/c1-4-5-15-10-14(8-9-20-15)19-21-16(12-24-19)13-6-7-17(22-2)18(11-13)23-3/h6-12H,4-5H2,1-3H3. The molecule has 4 nitrogen and oxygen atoms in total. The number of pyridine rings is 1. The maximum absolute atomic E-state index is 5.37. The highest BCUT2D eigenvalue weighted by Gasteiger charge is 2.11. The largest absolute Gasteiger partial charge is 0.493 e. The molecule has 0 N–H and O–H groups in total. The Morgan fingerprint density at radius 1 is 1.00 bits per heavy atom. The third-order valence-corrected chi connectivity index (χ3v) is 4.64. The molecule has 3 aromatic rings. The second-order valence-electron chi connectivity index (χ2n) is 5.39. The minimum Gasteiger partial charge on any atom is -0.493 e. The topological polar surface area (TPSA) is 44.2 Å². The predicted molar refractivity (Wildman–Crippen MR) is 97.9 cm³/mol. The molecule has 124 valence electrons. The average molecular weight is 340 g/mol. The van der Waals surface area contributed by atoms with E-state index in [1.807, 2.05) is 30.5 Å². The number of aryl methyl sites for hydroxylation is 1. The summed E-state index contributed by atoms with van der Waals surface area (Å²) in [6.07, 6.45) is 3.94. The Balaban J connectivity index is 1.92. The van der Waals surface area contributed by atoms with Crippen molar-refractivity contribution in [2.45, 2.75) is 19.8 Å². The summed E-state index contributed by atoms with van der Waals surface area (Å²) in [5.41, 5.74) is 4.17. The van der Waals surface area contributed by atoms with Gasteiger partial charge in [-0.1, -0.05) is 13.3 Å². The molecule has 0 fully saturated rings. The van der Waals surface area contributed by atoms with E-state index in [9.17, 15) is 0 Å². The third kappa shape index (κ3) is 3.41. The van der Waals surface area contributed by atoms with E-state index in [4.69, 9.17) is 14.5 Å². The lowest BCUT2D eigenvalue weighted by Crippen LogP contribution is -1.91. The van der Waals surface area contributed by atoms with E-state index in [0.717, 1.165) is 46.1 Å². The van der Waals surface area contributed by atoms with Crippen LogP contribution in [0.1, 0.15) is 19.0 Å². The summed E-state index contributed by atoms with van der Waals surface area (Å²) in [6.45, 7) is 2.16. The van der Waals surface area contributed by atoms with Crippen LogP contribution in [-0.4, -0.2) is 24.2 Å². The van der Waals surface area contributed by atoms with Crippen LogP contribution in [-0.2, 0) is 6.42 Å².